The average Bonchev–Trinajstić information content (AvgIpc) is 2.75. The molecule has 0 bridgehead atoms. The first-order chi connectivity index (χ1) is 15.2. The molecule has 1 atom stereocenters. The number of anilines is 2. The van der Waals surface area contributed by atoms with Crippen molar-refractivity contribution in [1.29, 1.82) is 0 Å². The fourth-order valence-electron chi connectivity index (χ4n) is 2.91. The van der Waals surface area contributed by atoms with E-state index < -0.39 is 12.0 Å². The van der Waals surface area contributed by atoms with Gasteiger partial charge in [-0.1, -0.05) is 18.7 Å². The van der Waals surface area contributed by atoms with Crippen molar-refractivity contribution in [2.24, 2.45) is 0 Å². The molecule has 2 aromatic heterocycles. The minimum atomic E-state index is -1.04. The Balaban J connectivity index is 1.62. The minimum Gasteiger partial charge on any atom is -0.492 e. The van der Waals surface area contributed by atoms with Crippen LogP contribution in [0, 0.1) is 0 Å². The maximum Gasteiger partial charge on any atom is 0.326 e. The number of nitrogens with two attached hydrogens (primary N) is 1. The number of aliphatic carboxylic acids is 1. The number of aromatic hydroxyl groups is 1. The highest BCUT2D eigenvalue weighted by molar-refractivity contribution is 5.80. The molecule has 0 unspecified atom stereocenters. The summed E-state index contributed by atoms with van der Waals surface area (Å²) in [4.78, 5) is 38.6. The number of nitrogens with one attached hydrogen (secondary N) is 2. The second-order valence-electron chi connectivity index (χ2n) is 7.12. The molecule has 0 saturated carbocycles. The lowest BCUT2D eigenvalue weighted by Crippen LogP contribution is -2.35. The summed E-state index contributed by atoms with van der Waals surface area (Å²) >= 11 is 0. The Labute approximate surface area is 183 Å². The van der Waals surface area contributed by atoms with E-state index in [2.05, 4.69) is 37.1 Å². The Morgan fingerprint density at radius 3 is 2.56 bits per heavy atom. The van der Waals surface area contributed by atoms with Gasteiger partial charge in [0, 0.05) is 17.8 Å². The van der Waals surface area contributed by atoms with Crippen molar-refractivity contribution in [3.8, 4) is 5.88 Å². The molecular weight excluding hydrogens is 414 g/mol. The molecule has 6 N–H and O–H groups in total. The number of carbonyl (C=O) groups excluding carboxylic acids is 1. The quantitative estimate of drug-likeness (QED) is 0.312. The molecule has 166 valence electrons. The third kappa shape index (κ3) is 5.65. The Kier molecular flexibility index (Phi) is 6.78. The molecule has 32 heavy (non-hydrogen) atoms. The first kappa shape index (κ1) is 22.4. The van der Waals surface area contributed by atoms with Gasteiger partial charge >= 0.3 is 5.97 Å². The standard InChI is InChI=1S/C21H23N7O4/c1-11(29)3-8-16(20(31)32)25-12(2)13-4-6-14(7-5-13)23-9-15-10-24-18-17(26-15)19(30)28-21(22)27-18/h4-7,10,16,23,25H,2-3,8-9H2,1H3,(H,31,32)(H3,22,24,27,28,30)/t16-/m0/s1. The zero-order valence-electron chi connectivity index (χ0n) is 17.4. The van der Waals surface area contributed by atoms with E-state index >= 15 is 0 Å². The van der Waals surface area contributed by atoms with Gasteiger partial charge in [0.2, 0.25) is 11.8 Å². The van der Waals surface area contributed by atoms with Crippen molar-refractivity contribution in [1.82, 2.24) is 25.3 Å². The third-order valence-corrected chi connectivity index (χ3v) is 4.59. The summed E-state index contributed by atoms with van der Waals surface area (Å²) in [7, 11) is 0. The van der Waals surface area contributed by atoms with Crippen molar-refractivity contribution in [3.05, 3.63) is 48.3 Å². The van der Waals surface area contributed by atoms with Gasteiger partial charge in [0.05, 0.1) is 18.4 Å². The Hall–Kier alpha value is -4.28. The molecule has 0 aliphatic heterocycles. The molecule has 1 aromatic carbocycles. The zero-order chi connectivity index (χ0) is 23.3. The van der Waals surface area contributed by atoms with E-state index in [1.165, 1.54) is 13.1 Å². The van der Waals surface area contributed by atoms with E-state index in [4.69, 9.17) is 5.73 Å². The summed E-state index contributed by atoms with van der Waals surface area (Å²) in [6, 6.07) is 6.30. The van der Waals surface area contributed by atoms with Gasteiger partial charge in [-0.25, -0.2) is 14.8 Å². The molecule has 0 aliphatic carbocycles. The number of fused-ring (bicyclic) bond motifs is 1. The molecule has 11 heteroatoms. The molecule has 3 rings (SSSR count). The lowest BCUT2D eigenvalue weighted by Gasteiger charge is -2.17. The van der Waals surface area contributed by atoms with Gasteiger partial charge in [0.1, 0.15) is 11.8 Å². The molecule has 2 heterocycles. The Morgan fingerprint density at radius 1 is 1.19 bits per heavy atom. The first-order valence-electron chi connectivity index (χ1n) is 9.73. The van der Waals surface area contributed by atoms with Crippen LogP contribution >= 0.6 is 0 Å². The van der Waals surface area contributed by atoms with Crippen molar-refractivity contribution in [2.75, 3.05) is 11.1 Å². The van der Waals surface area contributed by atoms with Crippen LogP contribution in [0.25, 0.3) is 16.9 Å². The van der Waals surface area contributed by atoms with Crippen LogP contribution in [0.2, 0.25) is 0 Å². The highest BCUT2D eigenvalue weighted by Crippen LogP contribution is 2.19. The number of ketones is 1. The van der Waals surface area contributed by atoms with Crippen LogP contribution < -0.4 is 16.4 Å². The molecule has 0 aliphatic rings. The Bertz CT molecular complexity index is 1160. The molecule has 0 spiro atoms. The van der Waals surface area contributed by atoms with Gasteiger partial charge in [-0.2, -0.15) is 9.97 Å². The average molecular weight is 437 g/mol. The first-order valence-corrected chi connectivity index (χ1v) is 9.73. The lowest BCUT2D eigenvalue weighted by molar-refractivity contribution is -0.139. The predicted octanol–water partition coefficient (Wildman–Crippen LogP) is 1.70. The van der Waals surface area contributed by atoms with E-state index in [-0.39, 0.29) is 41.6 Å². The number of aromatic nitrogens is 4. The highest BCUT2D eigenvalue weighted by Gasteiger charge is 2.18. The van der Waals surface area contributed by atoms with Crippen LogP contribution in [0.15, 0.2) is 37.0 Å². The number of hydrogen-bond acceptors (Lipinski definition) is 10. The van der Waals surface area contributed by atoms with Gasteiger partial charge < -0.3 is 31.4 Å². The van der Waals surface area contributed by atoms with Gasteiger partial charge in [0.15, 0.2) is 11.2 Å². The van der Waals surface area contributed by atoms with E-state index in [0.717, 1.165) is 11.3 Å². The monoisotopic (exact) mass is 437 g/mol. The molecule has 0 radical (unpaired) electrons. The summed E-state index contributed by atoms with van der Waals surface area (Å²) in [5.41, 5.74) is 8.36. The second kappa shape index (κ2) is 9.69. The largest absolute Gasteiger partial charge is 0.492 e. The summed E-state index contributed by atoms with van der Waals surface area (Å²) < 4.78 is 0. The number of carbonyl (C=O) groups is 2. The van der Waals surface area contributed by atoms with Crippen molar-refractivity contribution in [3.63, 3.8) is 0 Å². The number of Topliss-reactive ketones (excluding diaryl/α,β-unsaturated/α-hetero) is 1. The summed E-state index contributed by atoms with van der Waals surface area (Å²) in [5, 5.41) is 25.3. The van der Waals surface area contributed by atoms with Crippen LogP contribution in [-0.2, 0) is 16.1 Å². The number of nitrogens with zero attached hydrogens (tertiary/aromatic N) is 4. The second-order valence-corrected chi connectivity index (χ2v) is 7.12. The number of carboxylic acids is 1. The molecule has 0 saturated heterocycles. The number of benzene rings is 1. The van der Waals surface area contributed by atoms with Gasteiger partial charge in [-0.05, 0) is 31.0 Å². The van der Waals surface area contributed by atoms with E-state index in [1.54, 1.807) is 12.1 Å². The number of carboxylic acid groups (broad SMARTS) is 1. The van der Waals surface area contributed by atoms with Crippen molar-refractivity contribution in [2.45, 2.75) is 32.4 Å². The molecule has 0 fully saturated rings. The van der Waals surface area contributed by atoms with Crippen LogP contribution in [0.1, 0.15) is 31.0 Å². The van der Waals surface area contributed by atoms with Gasteiger partial charge in [-0.15, -0.1) is 0 Å². The number of hydrogen-bond donors (Lipinski definition) is 5. The smallest absolute Gasteiger partial charge is 0.326 e. The third-order valence-electron chi connectivity index (χ3n) is 4.59. The zero-order valence-corrected chi connectivity index (χ0v) is 17.4. The van der Waals surface area contributed by atoms with Gasteiger partial charge in [-0.3, -0.25) is 0 Å². The summed E-state index contributed by atoms with van der Waals surface area (Å²) in [5.74, 6) is -1.52. The molecule has 0 amide bonds. The van der Waals surface area contributed by atoms with Gasteiger partial charge in [0.25, 0.3) is 0 Å². The minimum absolute atomic E-state index is 0.0675. The van der Waals surface area contributed by atoms with Crippen molar-refractivity contribution >= 4 is 40.2 Å². The summed E-state index contributed by atoms with van der Waals surface area (Å²) in [6.07, 6.45) is 1.88. The lowest BCUT2D eigenvalue weighted by atomic mass is 10.1. The predicted molar refractivity (Wildman–Crippen MR) is 118 cm³/mol. The van der Waals surface area contributed by atoms with Crippen LogP contribution in [0.5, 0.6) is 5.88 Å². The van der Waals surface area contributed by atoms with Crippen LogP contribution in [-0.4, -0.2) is 47.9 Å². The number of nitrogen functional groups attached to an aromatic ring is 1. The number of rotatable bonds is 10. The fraction of sp³-hybridized carbons (Fsp3) is 0.238. The van der Waals surface area contributed by atoms with E-state index in [9.17, 15) is 19.8 Å². The summed E-state index contributed by atoms with van der Waals surface area (Å²) in [6.45, 7) is 5.66. The molecular formula is C21H23N7O4. The van der Waals surface area contributed by atoms with Crippen LogP contribution in [0.3, 0.4) is 0 Å². The highest BCUT2D eigenvalue weighted by atomic mass is 16.4. The van der Waals surface area contributed by atoms with E-state index in [1.807, 2.05) is 12.1 Å². The maximum atomic E-state index is 11.4. The molecule has 11 nitrogen and oxygen atoms in total. The SMILES string of the molecule is C=C(N[C@@H](CCC(C)=O)C(=O)O)c1ccc(NCc2cnc3nc(N)nc(O)c3n2)cc1. The maximum absolute atomic E-state index is 11.4. The topological polar surface area (TPSA) is 176 Å². The fourth-order valence-corrected chi connectivity index (χ4v) is 2.91. The van der Waals surface area contributed by atoms with Crippen molar-refractivity contribution < 1.29 is 19.8 Å². The normalized spacial score (nSPS) is 11.7. The van der Waals surface area contributed by atoms with Crippen LogP contribution in [0.4, 0.5) is 11.6 Å². The molecule has 3 aromatic rings. The Morgan fingerprint density at radius 2 is 1.91 bits per heavy atom. The van der Waals surface area contributed by atoms with E-state index in [0.29, 0.717) is 17.9 Å².